The summed E-state index contributed by atoms with van der Waals surface area (Å²) in [6.07, 6.45) is 1.59. The Bertz CT molecular complexity index is 587. The van der Waals surface area contributed by atoms with Crippen molar-refractivity contribution in [2.24, 2.45) is 5.92 Å². The molecule has 118 valence electrons. The minimum atomic E-state index is -3.77. The van der Waals surface area contributed by atoms with Gasteiger partial charge in [-0.15, -0.1) is 0 Å². The molecule has 4 nitrogen and oxygen atoms in total. The quantitative estimate of drug-likeness (QED) is 0.900. The second-order valence-corrected chi connectivity index (χ2v) is 7.57. The van der Waals surface area contributed by atoms with Crippen LogP contribution in [0.2, 0.25) is 5.02 Å². The van der Waals surface area contributed by atoms with Crippen molar-refractivity contribution in [2.75, 3.05) is 26.2 Å². The van der Waals surface area contributed by atoms with Crippen molar-refractivity contribution >= 4 is 21.6 Å². The fourth-order valence-corrected chi connectivity index (χ4v) is 4.20. The number of piperidine rings is 1. The molecule has 7 heteroatoms. The Morgan fingerprint density at radius 3 is 2.62 bits per heavy atom. The lowest BCUT2D eigenvalue weighted by Gasteiger charge is -2.31. The van der Waals surface area contributed by atoms with E-state index in [0.29, 0.717) is 19.0 Å². The van der Waals surface area contributed by atoms with Gasteiger partial charge >= 0.3 is 0 Å². The summed E-state index contributed by atoms with van der Waals surface area (Å²) < 4.78 is 40.1. The number of halogens is 2. The van der Waals surface area contributed by atoms with Gasteiger partial charge in [0.25, 0.3) is 0 Å². The number of hydrogen-bond donors (Lipinski definition) is 1. The summed E-state index contributed by atoms with van der Waals surface area (Å²) in [6.45, 7) is 4.72. The van der Waals surface area contributed by atoms with E-state index in [1.165, 1.54) is 16.4 Å². The van der Waals surface area contributed by atoms with Crippen molar-refractivity contribution in [2.45, 2.75) is 24.7 Å². The smallest absolute Gasteiger partial charge is 0.245 e. The summed E-state index contributed by atoms with van der Waals surface area (Å²) in [6, 6.07) is 3.67. The first-order valence-electron chi connectivity index (χ1n) is 7.11. The van der Waals surface area contributed by atoms with Crippen molar-refractivity contribution in [1.82, 2.24) is 9.62 Å². The lowest BCUT2D eigenvalue weighted by atomic mass is 9.98. The number of rotatable bonds is 5. The molecule has 0 atom stereocenters. The van der Waals surface area contributed by atoms with Crippen molar-refractivity contribution in [3.63, 3.8) is 0 Å². The zero-order valence-corrected chi connectivity index (χ0v) is 13.6. The third-order valence-corrected chi connectivity index (χ3v) is 5.94. The van der Waals surface area contributed by atoms with Gasteiger partial charge in [-0.3, -0.25) is 0 Å². The molecular formula is C14H20ClFN2O2S. The van der Waals surface area contributed by atoms with Crippen LogP contribution in [-0.2, 0) is 10.0 Å². The minimum absolute atomic E-state index is 0.191. The molecule has 1 fully saturated rings. The zero-order valence-electron chi connectivity index (χ0n) is 12.0. The van der Waals surface area contributed by atoms with E-state index in [1.807, 2.05) is 6.92 Å². The monoisotopic (exact) mass is 334 g/mol. The molecule has 0 bridgehead atoms. The molecule has 1 aromatic rings. The molecule has 0 aliphatic carbocycles. The van der Waals surface area contributed by atoms with Crippen LogP contribution in [0.4, 0.5) is 4.39 Å². The van der Waals surface area contributed by atoms with Crippen LogP contribution < -0.4 is 5.32 Å². The van der Waals surface area contributed by atoms with E-state index < -0.39 is 15.8 Å². The molecule has 1 N–H and O–H groups in total. The second-order valence-electron chi connectivity index (χ2n) is 5.23. The molecule has 1 saturated heterocycles. The van der Waals surface area contributed by atoms with Gasteiger partial charge in [-0.1, -0.05) is 18.5 Å². The van der Waals surface area contributed by atoms with Gasteiger partial charge in [-0.2, -0.15) is 4.31 Å². The number of nitrogens with zero attached hydrogens (tertiary/aromatic N) is 1. The van der Waals surface area contributed by atoms with Gasteiger partial charge in [0.2, 0.25) is 10.0 Å². The fraction of sp³-hybridized carbons (Fsp3) is 0.571. The topological polar surface area (TPSA) is 49.4 Å². The van der Waals surface area contributed by atoms with Gasteiger partial charge in [0.15, 0.2) is 0 Å². The Balaban J connectivity index is 2.08. The summed E-state index contributed by atoms with van der Waals surface area (Å²) in [5.41, 5.74) is 0. The van der Waals surface area contributed by atoms with Crippen molar-refractivity contribution < 1.29 is 12.8 Å². The SMILES string of the molecule is CCNCC1CCN(S(=O)(=O)c2ccc(Cl)cc2F)CC1. The van der Waals surface area contributed by atoms with Crippen molar-refractivity contribution in [3.8, 4) is 0 Å². The molecule has 0 radical (unpaired) electrons. The molecule has 1 heterocycles. The van der Waals surface area contributed by atoms with Gasteiger partial charge < -0.3 is 5.32 Å². The molecule has 0 aromatic heterocycles. The Hall–Kier alpha value is -0.690. The summed E-state index contributed by atoms with van der Waals surface area (Å²) in [4.78, 5) is -0.294. The lowest BCUT2D eigenvalue weighted by molar-refractivity contribution is 0.268. The van der Waals surface area contributed by atoms with Crippen molar-refractivity contribution in [3.05, 3.63) is 29.0 Å². The predicted octanol–water partition coefficient (Wildman–Crippen LogP) is 2.49. The van der Waals surface area contributed by atoms with E-state index in [9.17, 15) is 12.8 Å². The number of sulfonamides is 1. The van der Waals surface area contributed by atoms with E-state index in [1.54, 1.807) is 0 Å². The highest BCUT2D eigenvalue weighted by Gasteiger charge is 2.31. The lowest BCUT2D eigenvalue weighted by Crippen LogP contribution is -2.41. The molecule has 1 aromatic carbocycles. The highest BCUT2D eigenvalue weighted by molar-refractivity contribution is 7.89. The molecule has 0 saturated carbocycles. The van der Waals surface area contributed by atoms with E-state index >= 15 is 0 Å². The Morgan fingerprint density at radius 1 is 1.38 bits per heavy atom. The summed E-state index contributed by atoms with van der Waals surface area (Å²) >= 11 is 5.67. The molecular weight excluding hydrogens is 315 g/mol. The van der Waals surface area contributed by atoms with E-state index in [2.05, 4.69) is 5.32 Å². The van der Waals surface area contributed by atoms with Crippen LogP contribution in [0.3, 0.4) is 0 Å². The molecule has 1 aliphatic heterocycles. The van der Waals surface area contributed by atoms with Gasteiger partial charge in [0, 0.05) is 18.1 Å². The predicted molar refractivity (Wildman–Crippen MR) is 81.4 cm³/mol. The first-order chi connectivity index (χ1) is 9.95. The van der Waals surface area contributed by atoms with Crippen LogP contribution in [0, 0.1) is 11.7 Å². The first-order valence-corrected chi connectivity index (χ1v) is 8.93. The Kier molecular flexibility index (Phi) is 5.60. The maximum Gasteiger partial charge on any atom is 0.245 e. The zero-order chi connectivity index (χ0) is 15.5. The van der Waals surface area contributed by atoms with Crippen LogP contribution in [0.25, 0.3) is 0 Å². The highest BCUT2D eigenvalue weighted by Crippen LogP contribution is 2.26. The average Bonchev–Trinajstić information content (AvgIpc) is 2.45. The van der Waals surface area contributed by atoms with Crippen LogP contribution >= 0.6 is 11.6 Å². The summed E-state index contributed by atoms with van der Waals surface area (Å²) in [5.74, 6) is -0.316. The normalized spacial score (nSPS) is 18.0. The molecule has 1 aliphatic rings. The summed E-state index contributed by atoms with van der Waals surface area (Å²) in [5, 5.41) is 3.47. The highest BCUT2D eigenvalue weighted by atomic mass is 35.5. The summed E-state index contributed by atoms with van der Waals surface area (Å²) in [7, 11) is -3.77. The molecule has 0 amide bonds. The van der Waals surface area contributed by atoms with Gasteiger partial charge in [-0.25, -0.2) is 12.8 Å². The standard InChI is InChI=1S/C14H20ClFN2O2S/c1-2-17-10-11-5-7-18(8-6-11)21(19,20)14-4-3-12(15)9-13(14)16/h3-4,9,11,17H,2,5-8,10H2,1H3. The van der Waals surface area contributed by atoms with E-state index in [-0.39, 0.29) is 9.92 Å². The number of nitrogens with one attached hydrogen (secondary N) is 1. The van der Waals surface area contributed by atoms with Gasteiger partial charge in [0.1, 0.15) is 10.7 Å². The molecule has 0 unspecified atom stereocenters. The maximum atomic E-state index is 13.8. The maximum absolute atomic E-state index is 13.8. The van der Waals surface area contributed by atoms with Gasteiger partial charge in [0.05, 0.1) is 0 Å². The van der Waals surface area contributed by atoms with Crippen LogP contribution in [0.15, 0.2) is 23.1 Å². The van der Waals surface area contributed by atoms with E-state index in [4.69, 9.17) is 11.6 Å². The minimum Gasteiger partial charge on any atom is -0.317 e. The van der Waals surface area contributed by atoms with Crippen LogP contribution in [0.5, 0.6) is 0 Å². The van der Waals surface area contributed by atoms with Gasteiger partial charge in [-0.05, 0) is 50.0 Å². The second kappa shape index (κ2) is 7.05. The van der Waals surface area contributed by atoms with Crippen LogP contribution in [0.1, 0.15) is 19.8 Å². The number of hydrogen-bond acceptors (Lipinski definition) is 3. The Labute approximate surface area is 130 Å². The Morgan fingerprint density at radius 2 is 2.05 bits per heavy atom. The van der Waals surface area contributed by atoms with Crippen molar-refractivity contribution in [1.29, 1.82) is 0 Å². The third-order valence-electron chi connectivity index (χ3n) is 3.77. The largest absolute Gasteiger partial charge is 0.317 e. The molecule has 0 spiro atoms. The van der Waals surface area contributed by atoms with E-state index in [0.717, 1.165) is 32.0 Å². The molecule has 21 heavy (non-hydrogen) atoms. The fourth-order valence-electron chi connectivity index (χ4n) is 2.53. The molecule has 2 rings (SSSR count). The van der Waals surface area contributed by atoms with Crippen LogP contribution in [-0.4, -0.2) is 38.9 Å². The number of benzene rings is 1. The first kappa shape index (κ1) is 16.7. The average molecular weight is 335 g/mol. The third kappa shape index (κ3) is 3.94.